The number of nitrogens with two attached hydrogens (primary N) is 1. The highest BCUT2D eigenvalue weighted by Crippen LogP contribution is 2.20. The fourth-order valence-electron chi connectivity index (χ4n) is 0.979. The normalized spacial score (nSPS) is 11.5. The molecule has 0 bridgehead atoms. The number of thiophene rings is 1. The topological polar surface area (TPSA) is 72.2 Å². The summed E-state index contributed by atoms with van der Waals surface area (Å²) in [5.41, 5.74) is 5.41. The second-order valence-electron chi connectivity index (χ2n) is 2.90. The van der Waals surface area contributed by atoms with Gasteiger partial charge in [0.05, 0.1) is 0 Å². The van der Waals surface area contributed by atoms with Gasteiger partial charge in [0.1, 0.15) is 4.21 Å². The number of hydrogen-bond acceptors (Lipinski definition) is 4. The average molecular weight is 246 g/mol. The number of sulfonamides is 1. The van der Waals surface area contributed by atoms with Gasteiger partial charge < -0.3 is 5.73 Å². The summed E-state index contributed by atoms with van der Waals surface area (Å²) in [5, 5.41) is 0. The molecular formula is C9H14N2O2S2. The molecule has 1 rings (SSSR count). The average Bonchev–Trinajstić information content (AvgIpc) is 2.66. The second-order valence-corrected chi connectivity index (χ2v) is 6.06. The largest absolute Gasteiger partial charge is 0.326 e. The van der Waals surface area contributed by atoms with Gasteiger partial charge in [-0.15, -0.1) is 17.9 Å². The molecule has 1 heterocycles. The van der Waals surface area contributed by atoms with Crippen molar-refractivity contribution < 1.29 is 8.42 Å². The van der Waals surface area contributed by atoms with Crippen LogP contribution < -0.4 is 10.5 Å². The lowest BCUT2D eigenvalue weighted by molar-refractivity contribution is 0.584. The lowest BCUT2D eigenvalue weighted by Gasteiger charge is -2.01. The van der Waals surface area contributed by atoms with Crippen molar-refractivity contribution in [2.24, 2.45) is 5.73 Å². The van der Waals surface area contributed by atoms with Crippen LogP contribution in [0.4, 0.5) is 0 Å². The van der Waals surface area contributed by atoms with Crippen LogP contribution in [-0.2, 0) is 16.6 Å². The third-order valence-corrected chi connectivity index (χ3v) is 4.80. The molecule has 0 radical (unpaired) electrons. The third-order valence-electron chi connectivity index (χ3n) is 1.74. The van der Waals surface area contributed by atoms with Crippen molar-refractivity contribution in [3.05, 3.63) is 29.7 Å². The van der Waals surface area contributed by atoms with Crippen LogP contribution in [0.25, 0.3) is 0 Å². The van der Waals surface area contributed by atoms with E-state index in [9.17, 15) is 8.42 Å². The first kappa shape index (κ1) is 12.4. The summed E-state index contributed by atoms with van der Waals surface area (Å²) in [7, 11) is -3.36. The molecule has 0 unspecified atom stereocenters. The van der Waals surface area contributed by atoms with Crippen LogP contribution >= 0.6 is 11.3 Å². The minimum atomic E-state index is -3.36. The molecule has 84 valence electrons. The molecule has 0 spiro atoms. The first-order valence-electron chi connectivity index (χ1n) is 4.49. The number of rotatable bonds is 6. The maximum Gasteiger partial charge on any atom is 0.250 e. The van der Waals surface area contributed by atoms with Crippen LogP contribution in [-0.4, -0.2) is 15.0 Å². The molecular weight excluding hydrogens is 232 g/mol. The minimum Gasteiger partial charge on any atom is -0.326 e. The van der Waals surface area contributed by atoms with Crippen LogP contribution in [0.1, 0.15) is 11.3 Å². The van der Waals surface area contributed by atoms with E-state index in [4.69, 9.17) is 5.73 Å². The summed E-state index contributed by atoms with van der Waals surface area (Å²) in [6.45, 7) is 4.27. The van der Waals surface area contributed by atoms with Gasteiger partial charge in [0.2, 0.25) is 10.0 Å². The predicted molar refractivity (Wildman–Crippen MR) is 62.2 cm³/mol. The monoisotopic (exact) mass is 246 g/mol. The van der Waals surface area contributed by atoms with Gasteiger partial charge in [-0.05, 0) is 18.6 Å². The van der Waals surface area contributed by atoms with Crippen molar-refractivity contribution in [2.45, 2.75) is 17.2 Å². The number of hydrogen-bond donors (Lipinski definition) is 2. The smallest absolute Gasteiger partial charge is 0.250 e. The molecule has 0 aliphatic heterocycles. The van der Waals surface area contributed by atoms with E-state index in [0.717, 1.165) is 4.88 Å². The van der Waals surface area contributed by atoms with Gasteiger partial charge in [-0.1, -0.05) is 6.08 Å². The molecule has 0 aliphatic rings. The third kappa shape index (κ3) is 3.42. The molecule has 3 N–H and O–H groups in total. The molecule has 0 aliphatic carbocycles. The fraction of sp³-hybridized carbons (Fsp3) is 0.333. The van der Waals surface area contributed by atoms with E-state index >= 15 is 0 Å². The molecule has 4 nitrogen and oxygen atoms in total. The van der Waals surface area contributed by atoms with E-state index < -0.39 is 10.0 Å². The predicted octanol–water partition coefficient (Wildman–Crippen LogP) is 1.06. The highest BCUT2D eigenvalue weighted by Gasteiger charge is 2.15. The Labute approximate surface area is 93.9 Å². The highest BCUT2D eigenvalue weighted by molar-refractivity contribution is 7.91. The number of nitrogens with one attached hydrogen (secondary N) is 1. The van der Waals surface area contributed by atoms with E-state index in [1.54, 1.807) is 18.2 Å². The van der Waals surface area contributed by atoms with Gasteiger partial charge >= 0.3 is 0 Å². The van der Waals surface area contributed by atoms with E-state index in [1.807, 2.05) is 0 Å². The van der Waals surface area contributed by atoms with E-state index in [1.165, 1.54) is 11.3 Å². The molecule has 1 aromatic rings. The van der Waals surface area contributed by atoms with E-state index in [2.05, 4.69) is 11.3 Å². The Kier molecular flexibility index (Phi) is 4.46. The van der Waals surface area contributed by atoms with E-state index in [-0.39, 0.29) is 0 Å². The lowest BCUT2D eigenvalue weighted by atomic mass is 10.4. The summed E-state index contributed by atoms with van der Waals surface area (Å²) in [5.74, 6) is 0. The quantitative estimate of drug-likeness (QED) is 0.582. The van der Waals surface area contributed by atoms with Gasteiger partial charge in [0, 0.05) is 18.0 Å². The Morgan fingerprint density at radius 3 is 2.80 bits per heavy atom. The Balaban J connectivity index is 2.72. The maximum atomic E-state index is 11.7. The standard InChI is InChI=1S/C9H14N2O2S2/c1-2-3-6-11-15(12,13)9-5-4-8(7-10)14-9/h2,4-5,11H,1,3,6-7,10H2. The molecule has 0 saturated heterocycles. The zero-order valence-corrected chi connectivity index (χ0v) is 9.90. The Bertz CT molecular complexity index is 423. The SMILES string of the molecule is C=CCCNS(=O)(=O)c1ccc(CN)s1. The van der Waals surface area contributed by atoms with Gasteiger partial charge in [-0.25, -0.2) is 13.1 Å². The molecule has 0 fully saturated rings. The van der Waals surface area contributed by atoms with Crippen LogP contribution in [0.15, 0.2) is 29.0 Å². The van der Waals surface area contributed by atoms with Crippen LogP contribution in [0, 0.1) is 0 Å². The van der Waals surface area contributed by atoms with E-state index in [0.29, 0.717) is 23.7 Å². The first-order valence-corrected chi connectivity index (χ1v) is 6.79. The van der Waals surface area contributed by atoms with Gasteiger partial charge in [-0.3, -0.25) is 0 Å². The molecule has 0 aromatic carbocycles. The van der Waals surface area contributed by atoms with Crippen LogP contribution in [0.5, 0.6) is 0 Å². The van der Waals surface area contributed by atoms with Crippen molar-refractivity contribution >= 4 is 21.4 Å². The van der Waals surface area contributed by atoms with Crippen molar-refractivity contribution in [3.8, 4) is 0 Å². The van der Waals surface area contributed by atoms with Gasteiger partial charge in [-0.2, -0.15) is 0 Å². The Morgan fingerprint density at radius 1 is 1.53 bits per heavy atom. The summed E-state index contributed by atoms with van der Waals surface area (Å²) >= 11 is 1.20. The molecule has 0 amide bonds. The summed E-state index contributed by atoms with van der Waals surface area (Å²) < 4.78 is 26.1. The Hall–Kier alpha value is -0.690. The lowest BCUT2D eigenvalue weighted by Crippen LogP contribution is -2.23. The molecule has 1 aromatic heterocycles. The summed E-state index contributed by atoms with van der Waals surface area (Å²) in [4.78, 5) is 0.860. The second kappa shape index (κ2) is 5.41. The highest BCUT2D eigenvalue weighted by atomic mass is 32.2. The van der Waals surface area contributed by atoms with Gasteiger partial charge in [0.15, 0.2) is 0 Å². The summed E-state index contributed by atoms with van der Waals surface area (Å²) in [6.07, 6.45) is 2.29. The molecule has 0 saturated carbocycles. The molecule has 6 heteroatoms. The molecule has 0 atom stereocenters. The zero-order chi connectivity index (χ0) is 11.3. The Morgan fingerprint density at radius 2 is 2.27 bits per heavy atom. The summed E-state index contributed by atoms with van der Waals surface area (Å²) in [6, 6.07) is 3.30. The zero-order valence-electron chi connectivity index (χ0n) is 8.27. The van der Waals surface area contributed by atoms with Crippen molar-refractivity contribution in [2.75, 3.05) is 6.54 Å². The van der Waals surface area contributed by atoms with Crippen molar-refractivity contribution in [1.29, 1.82) is 0 Å². The van der Waals surface area contributed by atoms with Crippen molar-refractivity contribution in [3.63, 3.8) is 0 Å². The molecule has 15 heavy (non-hydrogen) atoms. The maximum absolute atomic E-state index is 11.7. The van der Waals surface area contributed by atoms with Crippen molar-refractivity contribution in [1.82, 2.24) is 4.72 Å². The fourth-order valence-corrected chi connectivity index (χ4v) is 3.31. The van der Waals surface area contributed by atoms with Gasteiger partial charge in [0.25, 0.3) is 0 Å². The van der Waals surface area contributed by atoms with Crippen LogP contribution in [0.3, 0.4) is 0 Å². The minimum absolute atomic E-state index is 0.312. The first-order chi connectivity index (χ1) is 7.10. The van der Waals surface area contributed by atoms with Crippen LogP contribution in [0.2, 0.25) is 0 Å².